The van der Waals surface area contributed by atoms with E-state index < -0.39 is 6.03 Å². The number of nitrogens with one attached hydrogen (secondary N) is 3. The van der Waals surface area contributed by atoms with Gasteiger partial charge in [-0.25, -0.2) is 14.5 Å². The van der Waals surface area contributed by atoms with Crippen molar-refractivity contribution in [1.29, 1.82) is 0 Å². The number of urea groups is 1. The van der Waals surface area contributed by atoms with E-state index in [0.717, 1.165) is 40.4 Å². The third-order valence-corrected chi connectivity index (χ3v) is 6.22. The summed E-state index contributed by atoms with van der Waals surface area (Å²) in [6.07, 6.45) is 4.10. The molecule has 0 aliphatic heterocycles. The number of rotatable bonds is 9. The van der Waals surface area contributed by atoms with Gasteiger partial charge in [-0.3, -0.25) is 10.1 Å². The molecule has 11 heteroatoms. The van der Waals surface area contributed by atoms with Gasteiger partial charge in [-0.15, -0.1) is 0 Å². The summed E-state index contributed by atoms with van der Waals surface area (Å²) in [5.41, 5.74) is 3.90. The Labute approximate surface area is 206 Å². The van der Waals surface area contributed by atoms with Crippen molar-refractivity contribution < 1.29 is 14.1 Å². The maximum absolute atomic E-state index is 12.2. The predicted octanol–water partition coefficient (Wildman–Crippen LogP) is 4.70. The minimum Gasteiger partial charge on any atom is -0.360 e. The van der Waals surface area contributed by atoms with Crippen molar-refractivity contribution in [3.05, 3.63) is 59.7 Å². The lowest BCUT2D eigenvalue weighted by atomic mass is 10.1. The van der Waals surface area contributed by atoms with E-state index in [1.54, 1.807) is 13.0 Å². The first-order chi connectivity index (χ1) is 16.9. The molecule has 3 aromatic heterocycles. The highest BCUT2D eigenvalue weighted by atomic mass is 32.1. The molecule has 0 spiro atoms. The number of amides is 3. The standard InChI is InChI=1S/C24H27N7O3S/c1-4-5-18-11-13-31(29-18)19-8-6-17(7-9-19)22-16(3)26-24(35-22)28-23(33)25-12-10-21(32)27-20-14-15(2)34-30-20/h6-9,11,13-14H,4-5,10,12H2,1-3H3,(H,27,30,32)(H2,25,26,28,33). The molecular formula is C24H27N7O3S. The second-order valence-electron chi connectivity index (χ2n) is 7.98. The molecule has 35 heavy (non-hydrogen) atoms. The van der Waals surface area contributed by atoms with Gasteiger partial charge in [0, 0.05) is 25.2 Å². The third kappa shape index (κ3) is 6.33. The Kier molecular flexibility index (Phi) is 7.56. The van der Waals surface area contributed by atoms with Crippen LogP contribution in [0.4, 0.5) is 15.7 Å². The summed E-state index contributed by atoms with van der Waals surface area (Å²) in [5.74, 6) is 0.679. The summed E-state index contributed by atoms with van der Waals surface area (Å²) in [7, 11) is 0. The number of aromatic nitrogens is 4. The molecule has 0 atom stereocenters. The lowest BCUT2D eigenvalue weighted by Crippen LogP contribution is -2.31. The Morgan fingerprint density at radius 3 is 2.63 bits per heavy atom. The molecule has 0 saturated heterocycles. The summed E-state index contributed by atoms with van der Waals surface area (Å²) in [6, 6.07) is 11.3. The molecule has 0 bridgehead atoms. The second kappa shape index (κ2) is 11.0. The Hall–Kier alpha value is -3.99. The zero-order valence-corrected chi connectivity index (χ0v) is 20.6. The van der Waals surface area contributed by atoms with Crippen LogP contribution in [0.2, 0.25) is 0 Å². The fraction of sp³-hybridized carbons (Fsp3) is 0.292. The molecule has 10 nitrogen and oxygen atoms in total. The van der Waals surface area contributed by atoms with Gasteiger partial charge in [-0.2, -0.15) is 5.10 Å². The number of carbonyl (C=O) groups is 2. The molecule has 3 amide bonds. The van der Waals surface area contributed by atoms with Crippen molar-refractivity contribution >= 4 is 34.2 Å². The molecule has 4 rings (SSSR count). The van der Waals surface area contributed by atoms with E-state index in [1.807, 2.05) is 48.1 Å². The van der Waals surface area contributed by atoms with Gasteiger partial charge in [0.05, 0.1) is 22.0 Å². The number of aryl methyl sites for hydroxylation is 3. The molecular weight excluding hydrogens is 466 g/mol. The van der Waals surface area contributed by atoms with Gasteiger partial charge in [0.15, 0.2) is 10.9 Å². The van der Waals surface area contributed by atoms with Gasteiger partial charge in [0.2, 0.25) is 5.91 Å². The maximum Gasteiger partial charge on any atom is 0.321 e. The average molecular weight is 494 g/mol. The molecule has 0 unspecified atom stereocenters. The predicted molar refractivity (Wildman–Crippen MR) is 135 cm³/mol. The lowest BCUT2D eigenvalue weighted by molar-refractivity contribution is -0.116. The van der Waals surface area contributed by atoms with Crippen LogP contribution < -0.4 is 16.0 Å². The molecule has 0 radical (unpaired) electrons. The van der Waals surface area contributed by atoms with Crippen LogP contribution in [0.25, 0.3) is 16.1 Å². The maximum atomic E-state index is 12.2. The van der Waals surface area contributed by atoms with E-state index in [1.165, 1.54) is 11.3 Å². The Bertz CT molecular complexity index is 1310. The Morgan fingerprint density at radius 2 is 1.91 bits per heavy atom. The fourth-order valence-corrected chi connectivity index (χ4v) is 4.41. The van der Waals surface area contributed by atoms with Crippen LogP contribution in [0.5, 0.6) is 0 Å². The van der Waals surface area contributed by atoms with Crippen molar-refractivity contribution in [3.63, 3.8) is 0 Å². The molecule has 182 valence electrons. The Morgan fingerprint density at radius 1 is 1.11 bits per heavy atom. The highest BCUT2D eigenvalue weighted by Crippen LogP contribution is 2.33. The first-order valence-electron chi connectivity index (χ1n) is 11.3. The van der Waals surface area contributed by atoms with Crippen LogP contribution in [0, 0.1) is 13.8 Å². The number of thiazole rings is 1. The van der Waals surface area contributed by atoms with Crippen LogP contribution in [0.3, 0.4) is 0 Å². The first-order valence-corrected chi connectivity index (χ1v) is 12.1. The van der Waals surface area contributed by atoms with Crippen LogP contribution in [-0.4, -0.2) is 38.4 Å². The van der Waals surface area contributed by atoms with E-state index in [-0.39, 0.29) is 18.9 Å². The zero-order chi connectivity index (χ0) is 24.8. The number of carbonyl (C=O) groups excluding carboxylic acids is 2. The van der Waals surface area contributed by atoms with Crippen molar-refractivity contribution in [3.8, 4) is 16.1 Å². The van der Waals surface area contributed by atoms with E-state index in [9.17, 15) is 9.59 Å². The summed E-state index contributed by atoms with van der Waals surface area (Å²) < 4.78 is 6.77. The molecule has 1 aromatic carbocycles. The van der Waals surface area contributed by atoms with Crippen molar-refractivity contribution in [1.82, 2.24) is 25.2 Å². The van der Waals surface area contributed by atoms with Gasteiger partial charge >= 0.3 is 6.03 Å². The van der Waals surface area contributed by atoms with Gasteiger partial charge < -0.3 is 15.2 Å². The first kappa shape index (κ1) is 24.1. The molecule has 4 aromatic rings. The van der Waals surface area contributed by atoms with E-state index in [4.69, 9.17) is 4.52 Å². The van der Waals surface area contributed by atoms with Crippen LogP contribution in [0.15, 0.2) is 47.1 Å². The minimum atomic E-state index is -0.424. The number of hydrogen-bond donors (Lipinski definition) is 3. The quantitative estimate of drug-likeness (QED) is 0.310. The van der Waals surface area contributed by atoms with E-state index >= 15 is 0 Å². The van der Waals surface area contributed by atoms with Crippen molar-refractivity contribution in [2.75, 3.05) is 17.2 Å². The molecule has 3 heterocycles. The highest BCUT2D eigenvalue weighted by Gasteiger charge is 2.13. The summed E-state index contributed by atoms with van der Waals surface area (Å²) in [6.45, 7) is 5.95. The van der Waals surface area contributed by atoms with Gasteiger partial charge in [0.25, 0.3) is 0 Å². The topological polar surface area (TPSA) is 127 Å². The van der Waals surface area contributed by atoms with Crippen LogP contribution in [0.1, 0.15) is 36.9 Å². The molecule has 0 aliphatic rings. The van der Waals surface area contributed by atoms with E-state index in [0.29, 0.717) is 16.7 Å². The zero-order valence-electron chi connectivity index (χ0n) is 19.8. The Balaban J connectivity index is 1.29. The van der Waals surface area contributed by atoms with Gasteiger partial charge in [-0.1, -0.05) is 42.0 Å². The minimum absolute atomic E-state index is 0.101. The normalized spacial score (nSPS) is 10.8. The highest BCUT2D eigenvalue weighted by molar-refractivity contribution is 7.19. The number of benzene rings is 1. The summed E-state index contributed by atoms with van der Waals surface area (Å²) in [4.78, 5) is 29.6. The van der Waals surface area contributed by atoms with E-state index in [2.05, 4.69) is 38.1 Å². The lowest BCUT2D eigenvalue weighted by Gasteiger charge is -2.05. The third-order valence-electron chi connectivity index (χ3n) is 5.09. The smallest absolute Gasteiger partial charge is 0.321 e. The molecule has 3 N–H and O–H groups in total. The van der Waals surface area contributed by atoms with Crippen LogP contribution in [-0.2, 0) is 11.2 Å². The SMILES string of the molecule is CCCc1ccn(-c2ccc(-c3sc(NC(=O)NCCC(=O)Nc4cc(C)on4)nc3C)cc2)n1. The summed E-state index contributed by atoms with van der Waals surface area (Å²) in [5, 5.41) is 16.8. The molecule has 0 saturated carbocycles. The number of hydrogen-bond acceptors (Lipinski definition) is 7. The summed E-state index contributed by atoms with van der Waals surface area (Å²) >= 11 is 1.39. The number of anilines is 2. The fourth-order valence-electron chi connectivity index (χ4n) is 3.44. The van der Waals surface area contributed by atoms with Gasteiger partial charge in [0.1, 0.15) is 5.76 Å². The average Bonchev–Trinajstić information content (AvgIpc) is 3.55. The van der Waals surface area contributed by atoms with Crippen LogP contribution >= 0.6 is 11.3 Å². The molecule has 0 fully saturated rings. The number of nitrogens with zero attached hydrogens (tertiary/aromatic N) is 4. The van der Waals surface area contributed by atoms with Crippen molar-refractivity contribution in [2.24, 2.45) is 0 Å². The van der Waals surface area contributed by atoms with Gasteiger partial charge in [-0.05, 0) is 44.0 Å². The monoisotopic (exact) mass is 493 g/mol. The largest absolute Gasteiger partial charge is 0.360 e. The second-order valence-corrected chi connectivity index (χ2v) is 8.98. The van der Waals surface area contributed by atoms with Crippen molar-refractivity contribution in [2.45, 2.75) is 40.0 Å². The molecule has 0 aliphatic carbocycles.